The summed E-state index contributed by atoms with van der Waals surface area (Å²) in [5.41, 5.74) is -0.118. The summed E-state index contributed by atoms with van der Waals surface area (Å²) in [6, 6.07) is 8.52. The predicted octanol–water partition coefficient (Wildman–Crippen LogP) is 2.03. The molecule has 0 aliphatic carbocycles. The number of methoxy groups -OCH3 is 3. The molecule has 0 unspecified atom stereocenters. The maximum absolute atomic E-state index is 8.77. The van der Waals surface area contributed by atoms with Crippen LogP contribution < -0.4 is 14.2 Å². The highest BCUT2D eigenvalue weighted by molar-refractivity contribution is 5.45. The first-order valence-electron chi connectivity index (χ1n) is 5.62. The second-order valence-corrected chi connectivity index (χ2v) is 3.53. The standard InChI is InChI=1S/C14H14N2O4/c1-17-12-5-4-11(6-13(12)18-2)20-9-14(19-3)10(7-15)8-16/h4-6H,9H2,1-3H3. The Morgan fingerprint density at radius 2 is 1.70 bits per heavy atom. The van der Waals surface area contributed by atoms with Crippen molar-refractivity contribution in [2.24, 2.45) is 0 Å². The van der Waals surface area contributed by atoms with Gasteiger partial charge in [0.1, 0.15) is 24.5 Å². The molecule has 0 saturated carbocycles. The van der Waals surface area contributed by atoms with Gasteiger partial charge >= 0.3 is 0 Å². The molecule has 6 nitrogen and oxygen atoms in total. The van der Waals surface area contributed by atoms with Crippen LogP contribution in [0.25, 0.3) is 0 Å². The van der Waals surface area contributed by atoms with Gasteiger partial charge < -0.3 is 18.9 Å². The van der Waals surface area contributed by atoms with Crippen molar-refractivity contribution in [2.75, 3.05) is 27.9 Å². The third-order valence-corrected chi connectivity index (χ3v) is 2.47. The number of nitrogens with zero attached hydrogens (tertiary/aromatic N) is 2. The van der Waals surface area contributed by atoms with E-state index >= 15 is 0 Å². The topological polar surface area (TPSA) is 84.5 Å². The van der Waals surface area contributed by atoms with Crippen LogP contribution in [-0.4, -0.2) is 27.9 Å². The zero-order chi connectivity index (χ0) is 15.0. The van der Waals surface area contributed by atoms with Crippen LogP contribution in [0.2, 0.25) is 0 Å². The second kappa shape index (κ2) is 7.55. The lowest BCUT2D eigenvalue weighted by Gasteiger charge is -2.12. The minimum Gasteiger partial charge on any atom is -0.495 e. The highest BCUT2D eigenvalue weighted by atomic mass is 16.5. The van der Waals surface area contributed by atoms with Crippen LogP contribution in [0.4, 0.5) is 0 Å². The summed E-state index contributed by atoms with van der Waals surface area (Å²) >= 11 is 0. The van der Waals surface area contributed by atoms with Crippen molar-refractivity contribution in [1.29, 1.82) is 10.5 Å². The average molecular weight is 274 g/mol. The Kier molecular flexibility index (Phi) is 5.74. The number of hydrogen-bond donors (Lipinski definition) is 0. The number of ether oxygens (including phenoxy) is 4. The molecule has 0 aromatic heterocycles. The number of hydrogen-bond acceptors (Lipinski definition) is 6. The molecule has 0 saturated heterocycles. The molecule has 0 heterocycles. The summed E-state index contributed by atoms with van der Waals surface area (Å²) in [6.07, 6.45) is 0. The van der Waals surface area contributed by atoms with Crippen molar-refractivity contribution in [3.8, 4) is 29.4 Å². The zero-order valence-corrected chi connectivity index (χ0v) is 11.5. The zero-order valence-electron chi connectivity index (χ0n) is 11.5. The molecule has 0 atom stereocenters. The lowest BCUT2D eigenvalue weighted by Crippen LogP contribution is -2.05. The second-order valence-electron chi connectivity index (χ2n) is 3.53. The SMILES string of the molecule is COC(COc1ccc(OC)c(OC)c1)=C(C#N)C#N. The smallest absolute Gasteiger partial charge is 0.170 e. The molecule has 0 fully saturated rings. The van der Waals surface area contributed by atoms with Gasteiger partial charge in [-0.15, -0.1) is 0 Å². The Labute approximate surface area is 117 Å². The normalized spacial score (nSPS) is 8.85. The summed E-state index contributed by atoms with van der Waals surface area (Å²) in [5.74, 6) is 1.78. The number of allylic oxidation sites excluding steroid dienone is 1. The van der Waals surface area contributed by atoms with E-state index in [9.17, 15) is 0 Å². The lowest BCUT2D eigenvalue weighted by atomic mass is 10.2. The van der Waals surface area contributed by atoms with Gasteiger partial charge in [-0.05, 0) is 12.1 Å². The van der Waals surface area contributed by atoms with E-state index < -0.39 is 0 Å². The minimum atomic E-state index is -0.118. The van der Waals surface area contributed by atoms with Crippen molar-refractivity contribution < 1.29 is 18.9 Å². The van der Waals surface area contributed by atoms with Gasteiger partial charge in [-0.2, -0.15) is 10.5 Å². The summed E-state index contributed by atoms with van der Waals surface area (Å²) < 4.78 is 20.7. The molecular formula is C14H14N2O4. The van der Waals surface area contributed by atoms with E-state index in [1.54, 1.807) is 30.3 Å². The molecule has 104 valence electrons. The molecule has 0 spiro atoms. The van der Waals surface area contributed by atoms with Crippen LogP contribution in [0.15, 0.2) is 29.5 Å². The van der Waals surface area contributed by atoms with Crippen LogP contribution >= 0.6 is 0 Å². The minimum absolute atomic E-state index is 0.0254. The van der Waals surface area contributed by atoms with Crippen molar-refractivity contribution in [3.05, 3.63) is 29.5 Å². The van der Waals surface area contributed by atoms with Gasteiger partial charge in [0, 0.05) is 6.07 Å². The fourth-order valence-electron chi connectivity index (χ4n) is 1.44. The fraction of sp³-hybridized carbons (Fsp3) is 0.286. The number of benzene rings is 1. The van der Waals surface area contributed by atoms with Gasteiger partial charge in [0.2, 0.25) is 0 Å². The third kappa shape index (κ3) is 3.56. The number of nitriles is 2. The van der Waals surface area contributed by atoms with Crippen molar-refractivity contribution in [3.63, 3.8) is 0 Å². The van der Waals surface area contributed by atoms with Crippen LogP contribution in [0.5, 0.6) is 17.2 Å². The van der Waals surface area contributed by atoms with E-state index in [0.717, 1.165) is 0 Å². The Balaban J connectivity index is 2.88. The molecule has 0 radical (unpaired) electrons. The first-order valence-corrected chi connectivity index (χ1v) is 5.62. The van der Waals surface area contributed by atoms with Gasteiger partial charge in [0.15, 0.2) is 22.8 Å². The van der Waals surface area contributed by atoms with Gasteiger partial charge in [-0.1, -0.05) is 0 Å². The number of rotatable bonds is 6. The van der Waals surface area contributed by atoms with E-state index in [0.29, 0.717) is 17.2 Å². The lowest BCUT2D eigenvalue weighted by molar-refractivity contribution is 0.217. The maximum Gasteiger partial charge on any atom is 0.170 e. The first-order chi connectivity index (χ1) is 9.69. The molecule has 0 amide bonds. The van der Waals surface area contributed by atoms with Gasteiger partial charge in [-0.3, -0.25) is 0 Å². The van der Waals surface area contributed by atoms with Crippen molar-refractivity contribution in [1.82, 2.24) is 0 Å². The molecular weight excluding hydrogens is 260 g/mol. The predicted molar refractivity (Wildman–Crippen MR) is 70.3 cm³/mol. The Bertz CT molecular complexity index is 566. The van der Waals surface area contributed by atoms with E-state index in [1.807, 2.05) is 0 Å². The molecule has 1 aromatic carbocycles. The van der Waals surface area contributed by atoms with Crippen LogP contribution in [-0.2, 0) is 4.74 Å². The molecule has 20 heavy (non-hydrogen) atoms. The van der Waals surface area contributed by atoms with E-state index in [1.165, 1.54) is 21.3 Å². The molecule has 1 aromatic rings. The van der Waals surface area contributed by atoms with Crippen molar-refractivity contribution in [2.45, 2.75) is 0 Å². The Morgan fingerprint density at radius 3 is 2.20 bits per heavy atom. The first kappa shape index (κ1) is 15.2. The van der Waals surface area contributed by atoms with E-state index in [2.05, 4.69) is 0 Å². The van der Waals surface area contributed by atoms with E-state index in [-0.39, 0.29) is 17.9 Å². The molecule has 0 aliphatic heterocycles. The average Bonchev–Trinajstić information content (AvgIpc) is 2.51. The van der Waals surface area contributed by atoms with Crippen LogP contribution in [0.1, 0.15) is 0 Å². The summed E-state index contributed by atoms with van der Waals surface area (Å²) in [6.45, 7) is -0.0254. The fourth-order valence-corrected chi connectivity index (χ4v) is 1.44. The van der Waals surface area contributed by atoms with Crippen LogP contribution in [0, 0.1) is 22.7 Å². The molecule has 0 aliphatic rings. The highest BCUT2D eigenvalue weighted by Gasteiger charge is 2.09. The molecule has 1 rings (SSSR count). The quantitative estimate of drug-likeness (QED) is 0.583. The Morgan fingerprint density at radius 1 is 1.05 bits per heavy atom. The highest BCUT2D eigenvalue weighted by Crippen LogP contribution is 2.31. The largest absolute Gasteiger partial charge is 0.495 e. The molecule has 0 bridgehead atoms. The van der Waals surface area contributed by atoms with Crippen LogP contribution in [0.3, 0.4) is 0 Å². The monoisotopic (exact) mass is 274 g/mol. The molecule has 6 heteroatoms. The van der Waals surface area contributed by atoms with Gasteiger partial charge in [0.05, 0.1) is 21.3 Å². The van der Waals surface area contributed by atoms with E-state index in [4.69, 9.17) is 29.5 Å². The third-order valence-electron chi connectivity index (χ3n) is 2.47. The Hall–Kier alpha value is -2.86. The maximum atomic E-state index is 8.77. The van der Waals surface area contributed by atoms with Gasteiger partial charge in [0.25, 0.3) is 0 Å². The van der Waals surface area contributed by atoms with Crippen molar-refractivity contribution >= 4 is 0 Å². The molecule has 0 N–H and O–H groups in total. The summed E-state index contributed by atoms with van der Waals surface area (Å²) in [4.78, 5) is 0. The summed E-state index contributed by atoms with van der Waals surface area (Å²) in [7, 11) is 4.43. The summed E-state index contributed by atoms with van der Waals surface area (Å²) in [5, 5.41) is 17.5. The van der Waals surface area contributed by atoms with Gasteiger partial charge in [-0.25, -0.2) is 0 Å².